The third-order valence-electron chi connectivity index (χ3n) is 6.10. The molecule has 0 aliphatic carbocycles. The van der Waals surface area contributed by atoms with E-state index in [1.165, 1.54) is 24.3 Å². The molecular formula is C34H54N10O4. The standard InChI is InChI=1S/2C9H14N2O.2C8H13N3O/c2*1-6-5-7(12)11-8(10-6)9(2,3)4;2*1-8(2,3)7-10-5(9)4-6(12)11-7/h2*5H,1-4H3,(H,10,11,12);2*4H,1-3H3,(H3,9,10,11,12). The molecule has 4 aromatic rings. The molecule has 14 nitrogen and oxygen atoms in total. The van der Waals surface area contributed by atoms with Gasteiger partial charge in [-0.3, -0.25) is 19.2 Å². The molecular weight excluding hydrogens is 612 g/mol. The molecule has 4 aromatic heterocycles. The molecule has 0 amide bonds. The van der Waals surface area contributed by atoms with Gasteiger partial charge >= 0.3 is 0 Å². The van der Waals surface area contributed by atoms with Crippen LogP contribution in [0.2, 0.25) is 0 Å². The molecule has 8 N–H and O–H groups in total. The number of hydrogen-bond acceptors (Lipinski definition) is 10. The van der Waals surface area contributed by atoms with Gasteiger partial charge in [-0.15, -0.1) is 0 Å². The summed E-state index contributed by atoms with van der Waals surface area (Å²) in [4.78, 5) is 71.4. The molecule has 0 saturated heterocycles. The number of nitrogen functional groups attached to an aromatic ring is 2. The van der Waals surface area contributed by atoms with Crippen LogP contribution in [0.25, 0.3) is 0 Å². The molecule has 0 saturated carbocycles. The molecule has 48 heavy (non-hydrogen) atoms. The lowest BCUT2D eigenvalue weighted by molar-refractivity contribution is 0.540. The van der Waals surface area contributed by atoms with Crippen LogP contribution in [0.4, 0.5) is 11.6 Å². The van der Waals surface area contributed by atoms with Gasteiger partial charge in [-0.2, -0.15) is 0 Å². The van der Waals surface area contributed by atoms with Gasteiger partial charge in [0.05, 0.1) is 0 Å². The van der Waals surface area contributed by atoms with Crippen LogP contribution in [0.15, 0.2) is 43.4 Å². The predicted octanol–water partition coefficient (Wildman–Crippen LogP) is 4.05. The second kappa shape index (κ2) is 15.8. The van der Waals surface area contributed by atoms with Gasteiger partial charge < -0.3 is 31.4 Å². The molecule has 0 bridgehead atoms. The van der Waals surface area contributed by atoms with E-state index in [2.05, 4.69) is 39.9 Å². The summed E-state index contributed by atoms with van der Waals surface area (Å²) in [6.07, 6.45) is 0. The maximum atomic E-state index is 11.1. The first-order valence-electron chi connectivity index (χ1n) is 15.5. The topological polar surface area (TPSA) is 235 Å². The first-order chi connectivity index (χ1) is 21.6. The van der Waals surface area contributed by atoms with Crippen LogP contribution in [0.1, 0.15) is 118 Å². The van der Waals surface area contributed by atoms with E-state index in [-0.39, 0.29) is 55.5 Å². The van der Waals surface area contributed by atoms with Crippen LogP contribution >= 0.6 is 0 Å². The summed E-state index contributed by atoms with van der Waals surface area (Å²) in [5, 5.41) is 0. The summed E-state index contributed by atoms with van der Waals surface area (Å²) in [6, 6.07) is 5.54. The lowest BCUT2D eigenvalue weighted by Crippen LogP contribution is -2.22. The Bertz CT molecular complexity index is 1610. The summed E-state index contributed by atoms with van der Waals surface area (Å²) >= 11 is 0. The molecule has 0 aliphatic heterocycles. The highest BCUT2D eigenvalue weighted by Gasteiger charge is 2.19. The Kier molecular flexibility index (Phi) is 13.6. The van der Waals surface area contributed by atoms with Crippen molar-refractivity contribution in [3.63, 3.8) is 0 Å². The molecule has 264 valence electrons. The number of hydrogen-bond donors (Lipinski definition) is 6. The Hall–Kier alpha value is -4.88. The van der Waals surface area contributed by atoms with Crippen molar-refractivity contribution in [1.29, 1.82) is 0 Å². The van der Waals surface area contributed by atoms with Crippen molar-refractivity contribution < 1.29 is 0 Å². The average Bonchev–Trinajstić information content (AvgIpc) is 2.86. The van der Waals surface area contributed by atoms with Crippen LogP contribution < -0.4 is 33.7 Å². The predicted molar refractivity (Wildman–Crippen MR) is 193 cm³/mol. The highest BCUT2D eigenvalue weighted by atomic mass is 16.1. The zero-order chi connectivity index (χ0) is 37.4. The van der Waals surface area contributed by atoms with Crippen molar-refractivity contribution in [2.24, 2.45) is 0 Å². The van der Waals surface area contributed by atoms with E-state index in [0.717, 1.165) is 23.0 Å². The third-order valence-corrected chi connectivity index (χ3v) is 6.10. The SMILES string of the molecule is CC(C)(C)c1nc(N)cc(=O)[nH]1.CC(C)(C)c1nc(N)cc(=O)[nH]1.Cc1cc(=O)[nH]c(C(C)(C)C)n1.Cc1cc(=O)[nH]c(C(C)(C)C)n1. The largest absolute Gasteiger partial charge is 0.383 e. The first kappa shape index (κ1) is 41.1. The molecule has 4 rings (SSSR count). The van der Waals surface area contributed by atoms with Gasteiger partial charge in [-0.1, -0.05) is 83.1 Å². The molecule has 0 fully saturated rings. The van der Waals surface area contributed by atoms with Gasteiger partial charge in [-0.05, 0) is 13.8 Å². The van der Waals surface area contributed by atoms with Gasteiger partial charge in [0, 0.05) is 57.3 Å². The fourth-order valence-corrected chi connectivity index (χ4v) is 3.53. The van der Waals surface area contributed by atoms with Crippen LogP contribution in [0.3, 0.4) is 0 Å². The van der Waals surface area contributed by atoms with E-state index in [1.807, 2.05) is 96.9 Å². The maximum Gasteiger partial charge on any atom is 0.252 e. The van der Waals surface area contributed by atoms with Crippen molar-refractivity contribution in [3.05, 3.63) is 100 Å². The smallest absolute Gasteiger partial charge is 0.252 e. The molecule has 0 atom stereocenters. The van der Waals surface area contributed by atoms with Gasteiger partial charge in [0.1, 0.15) is 34.9 Å². The second-order valence-corrected chi connectivity index (χ2v) is 15.5. The Morgan fingerprint density at radius 2 is 0.625 bits per heavy atom. The quantitative estimate of drug-likeness (QED) is 0.157. The number of nitrogens with zero attached hydrogens (tertiary/aromatic N) is 4. The Balaban J connectivity index is 0.000000320. The number of aromatic amines is 4. The third kappa shape index (κ3) is 14.7. The van der Waals surface area contributed by atoms with Crippen molar-refractivity contribution in [2.75, 3.05) is 11.5 Å². The summed E-state index contributed by atoms with van der Waals surface area (Å²) in [7, 11) is 0. The molecule has 0 aromatic carbocycles. The Morgan fingerprint density at radius 3 is 0.812 bits per heavy atom. The highest BCUT2D eigenvalue weighted by molar-refractivity contribution is 5.27. The van der Waals surface area contributed by atoms with E-state index < -0.39 is 0 Å². The van der Waals surface area contributed by atoms with Crippen LogP contribution in [-0.2, 0) is 21.7 Å². The zero-order valence-corrected chi connectivity index (χ0v) is 30.9. The Labute approximate surface area is 281 Å². The minimum atomic E-state index is -0.201. The normalized spacial score (nSPS) is 11.6. The lowest BCUT2D eigenvalue weighted by atomic mass is 9.96. The molecule has 0 radical (unpaired) electrons. The molecule has 0 unspecified atom stereocenters. The lowest BCUT2D eigenvalue weighted by Gasteiger charge is -2.16. The number of nitrogens with two attached hydrogens (primary N) is 2. The van der Waals surface area contributed by atoms with Crippen molar-refractivity contribution >= 4 is 11.6 Å². The van der Waals surface area contributed by atoms with Crippen LogP contribution in [0.5, 0.6) is 0 Å². The molecule has 14 heteroatoms. The highest BCUT2D eigenvalue weighted by Crippen LogP contribution is 2.18. The summed E-state index contributed by atoms with van der Waals surface area (Å²) in [5.74, 6) is 3.26. The van der Waals surface area contributed by atoms with Gasteiger partial charge in [0.2, 0.25) is 0 Å². The fraction of sp³-hybridized carbons (Fsp3) is 0.529. The van der Waals surface area contributed by atoms with Crippen molar-refractivity contribution in [3.8, 4) is 0 Å². The minimum Gasteiger partial charge on any atom is -0.383 e. The summed E-state index contributed by atoms with van der Waals surface area (Å²) in [5.41, 5.74) is 11.3. The van der Waals surface area contributed by atoms with Crippen molar-refractivity contribution in [2.45, 2.75) is 119 Å². The van der Waals surface area contributed by atoms with E-state index in [0.29, 0.717) is 11.6 Å². The van der Waals surface area contributed by atoms with Gasteiger partial charge in [0.25, 0.3) is 22.2 Å². The zero-order valence-electron chi connectivity index (χ0n) is 30.9. The van der Waals surface area contributed by atoms with Gasteiger partial charge in [-0.25, -0.2) is 19.9 Å². The van der Waals surface area contributed by atoms with E-state index in [9.17, 15) is 19.2 Å². The molecule has 4 heterocycles. The number of aryl methyl sites for hydroxylation is 2. The number of nitrogens with one attached hydrogen (secondary N) is 4. The number of aromatic nitrogens is 8. The molecule has 0 aliphatic rings. The number of anilines is 2. The van der Waals surface area contributed by atoms with Crippen LogP contribution in [-0.4, -0.2) is 39.9 Å². The van der Waals surface area contributed by atoms with E-state index in [4.69, 9.17) is 11.5 Å². The number of rotatable bonds is 0. The Morgan fingerprint density at radius 1 is 0.417 bits per heavy atom. The monoisotopic (exact) mass is 666 g/mol. The maximum absolute atomic E-state index is 11.1. The summed E-state index contributed by atoms with van der Waals surface area (Å²) in [6.45, 7) is 27.5. The molecule has 0 spiro atoms. The van der Waals surface area contributed by atoms with Crippen LogP contribution in [0, 0.1) is 13.8 Å². The average molecular weight is 667 g/mol. The number of H-pyrrole nitrogens is 4. The first-order valence-corrected chi connectivity index (χ1v) is 15.5. The van der Waals surface area contributed by atoms with E-state index in [1.54, 1.807) is 0 Å². The summed E-state index contributed by atoms with van der Waals surface area (Å²) < 4.78 is 0. The fourth-order valence-electron chi connectivity index (χ4n) is 3.53. The van der Waals surface area contributed by atoms with E-state index >= 15 is 0 Å². The van der Waals surface area contributed by atoms with Gasteiger partial charge in [0.15, 0.2) is 0 Å². The van der Waals surface area contributed by atoms with Crippen molar-refractivity contribution in [1.82, 2.24) is 39.9 Å². The second-order valence-electron chi connectivity index (χ2n) is 15.5. The minimum absolute atomic E-state index is 0.0765.